The van der Waals surface area contributed by atoms with Crippen LogP contribution in [0.4, 0.5) is 0 Å². The lowest BCUT2D eigenvalue weighted by Gasteiger charge is -2.14. The fraction of sp³-hybridized carbons (Fsp3) is 0.625. The summed E-state index contributed by atoms with van der Waals surface area (Å²) in [5.74, 6) is -4.10. The van der Waals surface area contributed by atoms with Crippen molar-refractivity contribution in [2.75, 3.05) is 6.54 Å². The van der Waals surface area contributed by atoms with Gasteiger partial charge in [0.2, 0.25) is 0 Å². The summed E-state index contributed by atoms with van der Waals surface area (Å²) in [7, 11) is 0. The molecule has 0 fully saturated rings. The van der Waals surface area contributed by atoms with Crippen molar-refractivity contribution < 1.29 is 19.8 Å². The quantitative estimate of drug-likeness (QED) is 0.623. The van der Waals surface area contributed by atoms with E-state index < -0.39 is 17.9 Å². The molecule has 0 saturated heterocycles. The second-order valence-corrected chi connectivity index (χ2v) is 2.94. The monoisotopic (exact) mass is 185 g/mol. The van der Waals surface area contributed by atoms with E-state index >= 15 is 0 Å². The lowest BCUT2D eigenvalue weighted by atomic mass is 9.96. The molecule has 2 N–H and O–H groups in total. The maximum atomic E-state index is 10.6. The molecule has 0 aromatic heterocycles. The highest BCUT2D eigenvalue weighted by atomic mass is 16.4. The molecular weight excluding hydrogens is 174 g/mol. The van der Waals surface area contributed by atoms with Crippen LogP contribution in [0.3, 0.4) is 0 Å². The molecule has 0 unspecified atom stereocenters. The largest absolute Gasteiger partial charge is 0.480 e. The molecule has 0 saturated carbocycles. The fourth-order valence-corrected chi connectivity index (χ4v) is 1.35. The first-order valence-corrected chi connectivity index (χ1v) is 4.11. The van der Waals surface area contributed by atoms with Crippen LogP contribution in [-0.4, -0.2) is 34.4 Å². The molecule has 0 amide bonds. The van der Waals surface area contributed by atoms with Crippen LogP contribution in [0.2, 0.25) is 0 Å². The van der Waals surface area contributed by atoms with Gasteiger partial charge in [-0.3, -0.25) is 14.6 Å². The van der Waals surface area contributed by atoms with Gasteiger partial charge in [-0.05, 0) is 19.3 Å². The first kappa shape index (κ1) is 9.70. The molecule has 72 valence electrons. The Kier molecular flexibility index (Phi) is 3.00. The van der Waals surface area contributed by atoms with Gasteiger partial charge in [0.15, 0.2) is 5.92 Å². The van der Waals surface area contributed by atoms with Gasteiger partial charge in [0.1, 0.15) is 0 Å². The van der Waals surface area contributed by atoms with Gasteiger partial charge >= 0.3 is 11.9 Å². The van der Waals surface area contributed by atoms with Crippen molar-refractivity contribution in [3.8, 4) is 0 Å². The summed E-state index contributed by atoms with van der Waals surface area (Å²) in [5, 5.41) is 17.3. The van der Waals surface area contributed by atoms with Crippen LogP contribution in [0.1, 0.15) is 19.3 Å². The average Bonchev–Trinajstić information content (AvgIpc) is 2.04. The first-order chi connectivity index (χ1) is 6.13. The molecular formula is C8H11NO4. The number of aliphatic imine (C=N–C) groups is 1. The van der Waals surface area contributed by atoms with Crippen molar-refractivity contribution in [1.82, 2.24) is 0 Å². The van der Waals surface area contributed by atoms with Gasteiger partial charge < -0.3 is 10.2 Å². The van der Waals surface area contributed by atoms with Crippen LogP contribution in [0, 0.1) is 5.92 Å². The van der Waals surface area contributed by atoms with Gasteiger partial charge in [0.05, 0.1) is 0 Å². The third-order valence-corrected chi connectivity index (χ3v) is 1.98. The second kappa shape index (κ2) is 4.02. The van der Waals surface area contributed by atoms with Gasteiger partial charge in [0, 0.05) is 12.3 Å². The molecule has 0 aliphatic carbocycles. The third kappa shape index (κ3) is 2.27. The molecule has 13 heavy (non-hydrogen) atoms. The Bertz CT molecular complexity index is 245. The zero-order chi connectivity index (χ0) is 9.84. The lowest BCUT2D eigenvalue weighted by molar-refractivity contribution is -0.150. The fourth-order valence-electron chi connectivity index (χ4n) is 1.35. The Labute approximate surface area is 75.1 Å². The zero-order valence-corrected chi connectivity index (χ0v) is 7.06. The Morgan fingerprint density at radius 3 is 2.23 bits per heavy atom. The molecule has 0 aromatic rings. The predicted octanol–water partition coefficient (Wildman–Crippen LogP) is 0.397. The van der Waals surface area contributed by atoms with Crippen molar-refractivity contribution in [3.05, 3.63) is 0 Å². The average molecular weight is 185 g/mol. The summed E-state index contributed by atoms with van der Waals surface area (Å²) in [6.45, 7) is 0.548. The van der Waals surface area contributed by atoms with E-state index in [0.29, 0.717) is 18.7 Å². The summed E-state index contributed by atoms with van der Waals surface area (Å²) < 4.78 is 0. The van der Waals surface area contributed by atoms with E-state index in [2.05, 4.69) is 4.99 Å². The molecule has 0 atom stereocenters. The lowest BCUT2D eigenvalue weighted by Crippen LogP contribution is -2.32. The number of nitrogens with zero attached hydrogens (tertiary/aromatic N) is 1. The van der Waals surface area contributed by atoms with Crippen LogP contribution < -0.4 is 0 Å². The van der Waals surface area contributed by atoms with E-state index in [-0.39, 0.29) is 0 Å². The van der Waals surface area contributed by atoms with Gasteiger partial charge in [-0.2, -0.15) is 0 Å². The number of rotatable bonds is 3. The minimum Gasteiger partial charge on any atom is -0.480 e. The summed E-state index contributed by atoms with van der Waals surface area (Å²) in [6, 6.07) is 0. The SMILES string of the molecule is O=C(O)C(C(=O)O)C1=NCCCC1. The van der Waals surface area contributed by atoms with Crippen LogP contribution >= 0.6 is 0 Å². The Hall–Kier alpha value is -1.39. The second-order valence-electron chi connectivity index (χ2n) is 2.94. The third-order valence-electron chi connectivity index (χ3n) is 1.98. The molecule has 1 heterocycles. The van der Waals surface area contributed by atoms with Crippen molar-refractivity contribution in [1.29, 1.82) is 0 Å². The standard InChI is InChI=1S/C8H11NO4/c10-7(11)6(8(12)13)5-3-1-2-4-9-5/h6H,1-4H2,(H,10,11)(H,12,13). The molecule has 0 spiro atoms. The van der Waals surface area contributed by atoms with Crippen molar-refractivity contribution in [2.24, 2.45) is 10.9 Å². The molecule has 5 heteroatoms. The van der Waals surface area contributed by atoms with Crippen molar-refractivity contribution >= 4 is 17.7 Å². The summed E-state index contributed by atoms with van der Waals surface area (Å²) in [6.07, 6.45) is 2.23. The number of hydrogen-bond acceptors (Lipinski definition) is 3. The van der Waals surface area contributed by atoms with E-state index in [1.54, 1.807) is 0 Å². The van der Waals surface area contributed by atoms with Crippen LogP contribution in [0.5, 0.6) is 0 Å². The molecule has 0 aromatic carbocycles. The van der Waals surface area contributed by atoms with E-state index in [1.165, 1.54) is 0 Å². The summed E-state index contributed by atoms with van der Waals surface area (Å²) in [5.41, 5.74) is 0.297. The van der Waals surface area contributed by atoms with Crippen LogP contribution in [0.25, 0.3) is 0 Å². The Morgan fingerprint density at radius 2 is 1.85 bits per heavy atom. The molecule has 1 aliphatic heterocycles. The number of carboxylic acid groups (broad SMARTS) is 2. The first-order valence-electron chi connectivity index (χ1n) is 4.11. The highest BCUT2D eigenvalue weighted by Gasteiger charge is 2.31. The highest BCUT2D eigenvalue weighted by molar-refractivity contribution is 6.16. The van der Waals surface area contributed by atoms with Gasteiger partial charge in [-0.15, -0.1) is 0 Å². The Balaban J connectivity index is 2.80. The minimum atomic E-state index is -1.44. The van der Waals surface area contributed by atoms with Gasteiger partial charge in [-0.25, -0.2) is 0 Å². The number of carboxylic acids is 2. The van der Waals surface area contributed by atoms with Gasteiger partial charge in [-0.1, -0.05) is 0 Å². The maximum absolute atomic E-state index is 10.6. The van der Waals surface area contributed by atoms with E-state index in [9.17, 15) is 9.59 Å². The normalized spacial score (nSPS) is 16.8. The zero-order valence-electron chi connectivity index (χ0n) is 7.06. The van der Waals surface area contributed by atoms with E-state index in [0.717, 1.165) is 12.8 Å². The van der Waals surface area contributed by atoms with E-state index in [4.69, 9.17) is 10.2 Å². The highest BCUT2D eigenvalue weighted by Crippen LogP contribution is 2.13. The Morgan fingerprint density at radius 1 is 1.23 bits per heavy atom. The van der Waals surface area contributed by atoms with Crippen molar-refractivity contribution in [3.63, 3.8) is 0 Å². The maximum Gasteiger partial charge on any atom is 0.323 e. The van der Waals surface area contributed by atoms with Crippen LogP contribution in [0.15, 0.2) is 4.99 Å². The summed E-state index contributed by atoms with van der Waals surface area (Å²) in [4.78, 5) is 25.1. The number of hydrogen-bond donors (Lipinski definition) is 2. The predicted molar refractivity (Wildman–Crippen MR) is 44.9 cm³/mol. The molecule has 0 bridgehead atoms. The molecule has 1 rings (SSSR count). The molecule has 1 aliphatic rings. The molecule has 5 nitrogen and oxygen atoms in total. The van der Waals surface area contributed by atoms with Gasteiger partial charge in [0.25, 0.3) is 0 Å². The van der Waals surface area contributed by atoms with Crippen LogP contribution in [-0.2, 0) is 9.59 Å². The summed E-state index contributed by atoms with van der Waals surface area (Å²) >= 11 is 0. The topological polar surface area (TPSA) is 87.0 Å². The smallest absolute Gasteiger partial charge is 0.323 e. The number of carbonyl (C=O) groups is 2. The van der Waals surface area contributed by atoms with E-state index in [1.807, 2.05) is 0 Å². The van der Waals surface area contributed by atoms with Crippen molar-refractivity contribution in [2.45, 2.75) is 19.3 Å². The molecule has 0 radical (unpaired) electrons. The number of aliphatic carboxylic acids is 2. The minimum absolute atomic E-state index is 0.297.